The molecule has 0 spiro atoms. The van der Waals surface area contributed by atoms with E-state index in [4.69, 9.17) is 0 Å². The number of nitrogens with one attached hydrogen (secondary N) is 1. The Morgan fingerprint density at radius 1 is 1.37 bits per heavy atom. The number of hydrogen-bond donors (Lipinski definition) is 2. The molecule has 0 aliphatic carbocycles. The van der Waals surface area contributed by atoms with Gasteiger partial charge in [-0.05, 0) is 26.3 Å². The number of benzene rings is 1. The van der Waals surface area contributed by atoms with Gasteiger partial charge in [0, 0.05) is 18.2 Å². The SMILES string of the molecule is C/C(C#CC(C)(C)O)=C/C(=O)NCc1ccccc1. The van der Waals surface area contributed by atoms with Crippen molar-refractivity contribution in [1.29, 1.82) is 0 Å². The van der Waals surface area contributed by atoms with Crippen molar-refractivity contribution < 1.29 is 9.90 Å². The van der Waals surface area contributed by atoms with Gasteiger partial charge in [-0.15, -0.1) is 0 Å². The number of aliphatic hydroxyl groups is 1. The van der Waals surface area contributed by atoms with Crippen LogP contribution in [0.3, 0.4) is 0 Å². The number of hydrogen-bond acceptors (Lipinski definition) is 2. The molecule has 1 aromatic carbocycles. The Bertz CT molecular complexity index is 513. The molecule has 0 aliphatic heterocycles. The second-order valence-corrected chi connectivity index (χ2v) is 4.84. The van der Waals surface area contributed by atoms with Crippen LogP contribution in [0.2, 0.25) is 0 Å². The van der Waals surface area contributed by atoms with Crippen molar-refractivity contribution in [3.63, 3.8) is 0 Å². The minimum atomic E-state index is -1.05. The summed E-state index contributed by atoms with van der Waals surface area (Å²) in [5.41, 5.74) is 0.618. The molecule has 3 heteroatoms. The molecule has 19 heavy (non-hydrogen) atoms. The van der Waals surface area contributed by atoms with E-state index in [0.29, 0.717) is 12.1 Å². The smallest absolute Gasteiger partial charge is 0.245 e. The zero-order valence-corrected chi connectivity index (χ0v) is 11.5. The molecule has 0 atom stereocenters. The second kappa shape index (κ2) is 6.77. The van der Waals surface area contributed by atoms with Gasteiger partial charge in [0.05, 0.1) is 0 Å². The fraction of sp³-hybridized carbons (Fsp3) is 0.312. The summed E-state index contributed by atoms with van der Waals surface area (Å²) >= 11 is 0. The number of amides is 1. The topological polar surface area (TPSA) is 49.3 Å². The lowest BCUT2D eigenvalue weighted by Gasteiger charge is -2.06. The van der Waals surface area contributed by atoms with Crippen LogP contribution in [0.4, 0.5) is 0 Å². The Morgan fingerprint density at radius 2 is 2.00 bits per heavy atom. The summed E-state index contributed by atoms with van der Waals surface area (Å²) in [6.45, 7) is 5.43. The third-order valence-corrected chi connectivity index (χ3v) is 2.22. The molecule has 1 aromatic rings. The maximum atomic E-state index is 11.6. The first-order valence-electron chi connectivity index (χ1n) is 6.12. The van der Waals surface area contributed by atoms with E-state index in [1.165, 1.54) is 6.08 Å². The second-order valence-electron chi connectivity index (χ2n) is 4.84. The van der Waals surface area contributed by atoms with E-state index in [0.717, 1.165) is 5.56 Å². The maximum Gasteiger partial charge on any atom is 0.245 e. The van der Waals surface area contributed by atoms with E-state index >= 15 is 0 Å². The fourth-order valence-corrected chi connectivity index (χ4v) is 1.32. The zero-order valence-electron chi connectivity index (χ0n) is 11.5. The summed E-state index contributed by atoms with van der Waals surface area (Å²) < 4.78 is 0. The van der Waals surface area contributed by atoms with Crippen LogP contribution in [0.1, 0.15) is 26.3 Å². The minimum Gasteiger partial charge on any atom is -0.378 e. The molecule has 0 aromatic heterocycles. The molecule has 0 saturated carbocycles. The minimum absolute atomic E-state index is 0.189. The predicted octanol–water partition coefficient (Wildman–Crippen LogP) is 2.02. The molecule has 2 N–H and O–H groups in total. The van der Waals surface area contributed by atoms with Crippen molar-refractivity contribution in [2.24, 2.45) is 0 Å². The Hall–Kier alpha value is -2.05. The highest BCUT2D eigenvalue weighted by molar-refractivity contribution is 5.88. The van der Waals surface area contributed by atoms with Gasteiger partial charge in [-0.25, -0.2) is 0 Å². The maximum absolute atomic E-state index is 11.6. The Morgan fingerprint density at radius 3 is 2.58 bits per heavy atom. The number of carbonyl (C=O) groups excluding carboxylic acids is 1. The summed E-state index contributed by atoms with van der Waals surface area (Å²) in [4.78, 5) is 11.6. The van der Waals surface area contributed by atoms with Crippen molar-refractivity contribution >= 4 is 5.91 Å². The van der Waals surface area contributed by atoms with Gasteiger partial charge >= 0.3 is 0 Å². The summed E-state index contributed by atoms with van der Waals surface area (Å²) in [6.07, 6.45) is 1.43. The first kappa shape index (κ1) is 15.0. The van der Waals surface area contributed by atoms with Crippen molar-refractivity contribution in [2.45, 2.75) is 32.9 Å². The Balaban J connectivity index is 2.52. The number of rotatable bonds is 3. The van der Waals surface area contributed by atoms with Crippen LogP contribution in [0.15, 0.2) is 42.0 Å². The first-order chi connectivity index (χ1) is 8.87. The molecule has 0 radical (unpaired) electrons. The third kappa shape index (κ3) is 7.07. The Labute approximate surface area is 114 Å². The van der Waals surface area contributed by atoms with E-state index < -0.39 is 5.60 Å². The van der Waals surface area contributed by atoms with Gasteiger partial charge in [-0.2, -0.15) is 0 Å². The normalized spacial score (nSPS) is 11.5. The molecule has 0 unspecified atom stereocenters. The lowest BCUT2D eigenvalue weighted by Crippen LogP contribution is -2.20. The molecular formula is C16H19NO2. The van der Waals surface area contributed by atoms with Crippen molar-refractivity contribution in [1.82, 2.24) is 5.32 Å². The summed E-state index contributed by atoms with van der Waals surface area (Å²) in [5.74, 6) is 5.22. The van der Waals surface area contributed by atoms with E-state index in [1.54, 1.807) is 20.8 Å². The van der Waals surface area contributed by atoms with Crippen LogP contribution in [0.25, 0.3) is 0 Å². The van der Waals surface area contributed by atoms with Gasteiger partial charge in [-0.1, -0.05) is 42.2 Å². The summed E-state index contributed by atoms with van der Waals surface area (Å²) in [5, 5.41) is 12.2. The molecule has 100 valence electrons. The van der Waals surface area contributed by atoms with Gasteiger partial charge in [-0.3, -0.25) is 4.79 Å². The molecule has 1 rings (SSSR count). The highest BCUT2D eigenvalue weighted by Gasteiger charge is 2.05. The van der Waals surface area contributed by atoms with Crippen LogP contribution >= 0.6 is 0 Å². The number of allylic oxidation sites excluding steroid dienone is 1. The van der Waals surface area contributed by atoms with Gasteiger partial charge in [0.25, 0.3) is 0 Å². The summed E-state index contributed by atoms with van der Waals surface area (Å²) in [6, 6.07) is 9.69. The Kier molecular flexibility index (Phi) is 5.35. The van der Waals surface area contributed by atoms with Crippen LogP contribution in [0.5, 0.6) is 0 Å². The summed E-state index contributed by atoms with van der Waals surface area (Å²) in [7, 11) is 0. The molecule has 0 heterocycles. The highest BCUT2D eigenvalue weighted by Crippen LogP contribution is 2.00. The van der Waals surface area contributed by atoms with E-state index in [1.807, 2.05) is 30.3 Å². The van der Waals surface area contributed by atoms with Crippen molar-refractivity contribution in [2.75, 3.05) is 0 Å². The van der Waals surface area contributed by atoms with Crippen LogP contribution < -0.4 is 5.32 Å². The molecule has 1 amide bonds. The molecule has 0 aliphatic rings. The predicted molar refractivity (Wildman–Crippen MR) is 76.1 cm³/mol. The molecule has 0 bridgehead atoms. The highest BCUT2D eigenvalue weighted by atomic mass is 16.3. The quantitative estimate of drug-likeness (QED) is 0.643. The largest absolute Gasteiger partial charge is 0.378 e. The standard InChI is InChI=1S/C16H19NO2/c1-13(9-10-16(2,3)19)11-15(18)17-12-14-7-5-4-6-8-14/h4-8,11,19H,12H2,1-3H3,(H,17,18)/b13-11-. The van der Waals surface area contributed by atoms with E-state index in [-0.39, 0.29) is 5.91 Å². The molecule has 3 nitrogen and oxygen atoms in total. The van der Waals surface area contributed by atoms with Gasteiger partial charge < -0.3 is 10.4 Å². The van der Waals surface area contributed by atoms with Crippen molar-refractivity contribution in [3.05, 3.63) is 47.5 Å². The monoisotopic (exact) mass is 257 g/mol. The van der Waals surface area contributed by atoms with Crippen molar-refractivity contribution in [3.8, 4) is 11.8 Å². The number of carbonyl (C=O) groups is 1. The molecule has 0 saturated heterocycles. The lowest BCUT2D eigenvalue weighted by molar-refractivity contribution is -0.116. The van der Waals surface area contributed by atoms with E-state index in [2.05, 4.69) is 17.2 Å². The fourth-order valence-electron chi connectivity index (χ4n) is 1.32. The van der Waals surface area contributed by atoms with E-state index in [9.17, 15) is 9.90 Å². The van der Waals surface area contributed by atoms with Crippen LogP contribution in [-0.2, 0) is 11.3 Å². The van der Waals surface area contributed by atoms with Gasteiger partial charge in [0.1, 0.15) is 5.60 Å². The average Bonchev–Trinajstić information content (AvgIpc) is 2.34. The third-order valence-electron chi connectivity index (χ3n) is 2.22. The van der Waals surface area contributed by atoms with Crippen LogP contribution in [-0.4, -0.2) is 16.6 Å². The zero-order chi connectivity index (χ0) is 14.3. The van der Waals surface area contributed by atoms with Gasteiger partial charge in [0.2, 0.25) is 5.91 Å². The van der Waals surface area contributed by atoms with Gasteiger partial charge in [0.15, 0.2) is 0 Å². The van der Waals surface area contributed by atoms with Crippen LogP contribution in [0, 0.1) is 11.8 Å². The average molecular weight is 257 g/mol. The lowest BCUT2D eigenvalue weighted by atomic mass is 10.1. The first-order valence-corrected chi connectivity index (χ1v) is 6.12. The molecule has 0 fully saturated rings. The molecular weight excluding hydrogens is 238 g/mol.